The predicted octanol–water partition coefficient (Wildman–Crippen LogP) is 2.92. The first kappa shape index (κ1) is 20.7. The van der Waals surface area contributed by atoms with Crippen molar-refractivity contribution in [1.29, 1.82) is 0 Å². The van der Waals surface area contributed by atoms with Gasteiger partial charge in [-0.05, 0) is 74.2 Å². The van der Waals surface area contributed by atoms with Gasteiger partial charge < -0.3 is 15.2 Å². The normalized spacial score (nSPS) is 17.3. The van der Waals surface area contributed by atoms with Gasteiger partial charge in [0.25, 0.3) is 5.91 Å². The molecule has 30 heavy (non-hydrogen) atoms. The summed E-state index contributed by atoms with van der Waals surface area (Å²) in [6, 6.07) is 14.1. The van der Waals surface area contributed by atoms with E-state index in [0.29, 0.717) is 13.1 Å². The van der Waals surface area contributed by atoms with Crippen LogP contribution in [0.15, 0.2) is 47.3 Å². The number of benzene rings is 2. The number of halogens is 1. The molecule has 3 aromatic rings. The Hall–Kier alpha value is -2.57. The molecule has 0 bridgehead atoms. The largest absolute Gasteiger partial charge is 0.338 e. The van der Waals surface area contributed by atoms with Gasteiger partial charge in [-0.25, -0.2) is 4.79 Å². The minimum absolute atomic E-state index is 0. The molecule has 158 valence electrons. The summed E-state index contributed by atoms with van der Waals surface area (Å²) in [5.41, 5.74) is 5.19. The molecule has 2 N–H and O–H groups in total. The van der Waals surface area contributed by atoms with Crippen LogP contribution in [0.5, 0.6) is 0 Å². The van der Waals surface area contributed by atoms with E-state index in [-0.39, 0.29) is 30.0 Å². The van der Waals surface area contributed by atoms with Crippen LogP contribution in [0.1, 0.15) is 40.4 Å². The molecular formula is C23H27ClN4O2. The van der Waals surface area contributed by atoms with Crippen molar-refractivity contribution < 1.29 is 4.79 Å². The molecule has 3 heterocycles. The lowest BCUT2D eigenvalue weighted by molar-refractivity contribution is 0.0695. The zero-order valence-electron chi connectivity index (χ0n) is 16.9. The fourth-order valence-electron chi connectivity index (χ4n) is 4.75. The van der Waals surface area contributed by atoms with E-state index >= 15 is 0 Å². The fraction of sp³-hybridized carbons (Fsp3) is 0.391. The maximum absolute atomic E-state index is 13.1. The Balaban J connectivity index is 0.00000218. The maximum atomic E-state index is 13.1. The highest BCUT2D eigenvalue weighted by molar-refractivity contribution is 5.94. The third-order valence-electron chi connectivity index (χ3n) is 6.34. The Morgan fingerprint density at radius 2 is 1.70 bits per heavy atom. The number of carbonyl (C=O) groups is 1. The molecule has 0 saturated carbocycles. The van der Waals surface area contributed by atoms with Crippen LogP contribution in [-0.2, 0) is 12.8 Å². The second-order valence-electron chi connectivity index (χ2n) is 8.07. The Bertz CT molecular complexity index is 1110. The molecule has 1 fully saturated rings. The first-order chi connectivity index (χ1) is 14.2. The number of aromatic amines is 1. The number of nitrogens with zero attached hydrogens (tertiary/aromatic N) is 2. The molecule has 1 aromatic heterocycles. The molecule has 0 spiro atoms. The SMILES string of the molecule is Cl.O=C(c1ccc2c(c1)CCNCC2)N1CCC(n2c(=O)[nH]c3ccccc32)CC1. The van der Waals surface area contributed by atoms with Crippen LogP contribution < -0.4 is 11.0 Å². The first-order valence-electron chi connectivity index (χ1n) is 10.5. The van der Waals surface area contributed by atoms with Gasteiger partial charge in [-0.3, -0.25) is 9.36 Å². The Kier molecular flexibility index (Phi) is 5.97. The lowest BCUT2D eigenvalue weighted by Gasteiger charge is -2.32. The highest BCUT2D eigenvalue weighted by atomic mass is 35.5. The molecule has 1 saturated heterocycles. The van der Waals surface area contributed by atoms with Crippen molar-refractivity contribution in [2.75, 3.05) is 26.2 Å². The molecule has 7 heteroatoms. The molecular weight excluding hydrogens is 400 g/mol. The van der Waals surface area contributed by atoms with Gasteiger partial charge in [0.1, 0.15) is 0 Å². The van der Waals surface area contributed by atoms with Crippen LogP contribution in [0, 0.1) is 0 Å². The molecule has 0 radical (unpaired) electrons. The summed E-state index contributed by atoms with van der Waals surface area (Å²) in [4.78, 5) is 30.4. The number of carbonyl (C=O) groups excluding carboxylic acids is 1. The number of hydrogen-bond donors (Lipinski definition) is 2. The third kappa shape index (κ3) is 3.77. The number of imidazole rings is 1. The smallest absolute Gasteiger partial charge is 0.326 e. The summed E-state index contributed by atoms with van der Waals surface area (Å²) in [6.07, 6.45) is 3.58. The van der Waals surface area contributed by atoms with Crippen molar-refractivity contribution in [2.24, 2.45) is 0 Å². The standard InChI is InChI=1S/C23H26N4O2.ClH/c28-22(18-6-5-16-7-11-24-12-8-17(16)15-18)26-13-9-19(10-14-26)27-21-4-2-1-3-20(21)25-23(27)29;/h1-6,15,19,24H,7-14H2,(H,25,29);1H. The minimum Gasteiger partial charge on any atom is -0.338 e. The van der Waals surface area contributed by atoms with Crippen LogP contribution in [0.2, 0.25) is 0 Å². The summed E-state index contributed by atoms with van der Waals surface area (Å²) in [5, 5.41) is 3.42. The van der Waals surface area contributed by atoms with Crippen LogP contribution >= 0.6 is 12.4 Å². The van der Waals surface area contributed by atoms with E-state index in [1.807, 2.05) is 39.8 Å². The van der Waals surface area contributed by atoms with E-state index in [4.69, 9.17) is 0 Å². The fourth-order valence-corrected chi connectivity index (χ4v) is 4.75. The molecule has 6 nitrogen and oxygen atoms in total. The summed E-state index contributed by atoms with van der Waals surface area (Å²) in [5.74, 6) is 0.106. The number of amides is 1. The van der Waals surface area contributed by atoms with Gasteiger partial charge in [-0.15, -0.1) is 12.4 Å². The van der Waals surface area contributed by atoms with Crippen molar-refractivity contribution in [1.82, 2.24) is 19.8 Å². The quantitative estimate of drug-likeness (QED) is 0.662. The van der Waals surface area contributed by atoms with Crippen LogP contribution in [0.3, 0.4) is 0 Å². The number of hydrogen-bond acceptors (Lipinski definition) is 3. The second-order valence-corrected chi connectivity index (χ2v) is 8.07. The average Bonchev–Trinajstić information content (AvgIpc) is 2.92. The Labute approximate surface area is 181 Å². The van der Waals surface area contributed by atoms with Gasteiger partial charge in [0.05, 0.1) is 11.0 Å². The predicted molar refractivity (Wildman–Crippen MR) is 121 cm³/mol. The zero-order valence-corrected chi connectivity index (χ0v) is 17.7. The van der Waals surface area contributed by atoms with Gasteiger partial charge in [0.15, 0.2) is 0 Å². The number of fused-ring (bicyclic) bond motifs is 2. The van der Waals surface area contributed by atoms with Crippen molar-refractivity contribution in [3.8, 4) is 0 Å². The van der Waals surface area contributed by atoms with E-state index in [2.05, 4.69) is 22.4 Å². The number of H-pyrrole nitrogens is 1. The molecule has 5 rings (SSSR count). The molecule has 2 aliphatic rings. The number of piperidine rings is 1. The third-order valence-corrected chi connectivity index (χ3v) is 6.34. The van der Waals surface area contributed by atoms with Gasteiger partial charge in [-0.2, -0.15) is 0 Å². The number of rotatable bonds is 2. The Morgan fingerprint density at radius 3 is 2.50 bits per heavy atom. The lowest BCUT2D eigenvalue weighted by atomic mass is 9.98. The van der Waals surface area contributed by atoms with Crippen molar-refractivity contribution in [3.05, 3.63) is 69.6 Å². The van der Waals surface area contributed by atoms with Gasteiger partial charge >= 0.3 is 5.69 Å². The van der Waals surface area contributed by atoms with E-state index in [1.54, 1.807) is 0 Å². The van der Waals surface area contributed by atoms with Crippen molar-refractivity contribution in [2.45, 2.75) is 31.7 Å². The topological polar surface area (TPSA) is 70.1 Å². The van der Waals surface area contributed by atoms with E-state index < -0.39 is 0 Å². The highest BCUT2D eigenvalue weighted by Crippen LogP contribution is 2.26. The number of aromatic nitrogens is 2. The molecule has 1 amide bonds. The van der Waals surface area contributed by atoms with Crippen molar-refractivity contribution >= 4 is 29.3 Å². The van der Waals surface area contributed by atoms with Crippen LogP contribution in [0.4, 0.5) is 0 Å². The maximum Gasteiger partial charge on any atom is 0.326 e. The highest BCUT2D eigenvalue weighted by Gasteiger charge is 2.27. The Morgan fingerprint density at radius 1 is 0.967 bits per heavy atom. The number of likely N-dealkylation sites (tertiary alicyclic amines) is 1. The molecule has 2 aliphatic heterocycles. The van der Waals surface area contributed by atoms with Gasteiger partial charge in [0.2, 0.25) is 0 Å². The summed E-state index contributed by atoms with van der Waals surface area (Å²) in [6.45, 7) is 3.32. The van der Waals surface area contributed by atoms with Gasteiger partial charge in [-0.1, -0.05) is 18.2 Å². The van der Waals surface area contributed by atoms with Crippen LogP contribution in [-0.4, -0.2) is 46.5 Å². The monoisotopic (exact) mass is 426 g/mol. The van der Waals surface area contributed by atoms with E-state index in [9.17, 15) is 9.59 Å². The summed E-state index contributed by atoms with van der Waals surface area (Å²) in [7, 11) is 0. The van der Waals surface area contributed by atoms with E-state index in [1.165, 1.54) is 11.1 Å². The molecule has 0 aliphatic carbocycles. The molecule has 0 unspecified atom stereocenters. The number of para-hydroxylation sites is 2. The van der Waals surface area contributed by atoms with Crippen molar-refractivity contribution in [3.63, 3.8) is 0 Å². The van der Waals surface area contributed by atoms with E-state index in [0.717, 1.165) is 55.4 Å². The molecule has 2 aromatic carbocycles. The lowest BCUT2D eigenvalue weighted by Crippen LogP contribution is -2.40. The number of nitrogens with one attached hydrogen (secondary N) is 2. The first-order valence-corrected chi connectivity index (χ1v) is 10.5. The van der Waals surface area contributed by atoms with Crippen LogP contribution in [0.25, 0.3) is 11.0 Å². The second kappa shape index (κ2) is 8.66. The zero-order chi connectivity index (χ0) is 19.8. The summed E-state index contributed by atoms with van der Waals surface area (Å²) < 4.78 is 1.87. The van der Waals surface area contributed by atoms with Gasteiger partial charge in [0, 0.05) is 24.7 Å². The summed E-state index contributed by atoms with van der Waals surface area (Å²) >= 11 is 0. The average molecular weight is 427 g/mol. The molecule has 0 atom stereocenters. The minimum atomic E-state index is -0.0599.